The fraction of sp³-hybridized carbons (Fsp3) is 0.294. The topological polar surface area (TPSA) is 32.3 Å². The van der Waals surface area contributed by atoms with Crippen LogP contribution < -0.4 is 5.32 Å². The Morgan fingerprint density at radius 3 is 2.16 bits per heavy atom. The van der Waals surface area contributed by atoms with Crippen molar-refractivity contribution in [2.24, 2.45) is 0 Å². The Balaban J connectivity index is 2.09. The Bertz CT molecular complexity index is 492. The van der Waals surface area contributed by atoms with Crippen molar-refractivity contribution in [1.82, 2.24) is 5.32 Å². The van der Waals surface area contributed by atoms with E-state index >= 15 is 0 Å². The number of aromatic hydroxyl groups is 1. The third-order valence-electron chi connectivity index (χ3n) is 3.45. The van der Waals surface area contributed by atoms with Crippen LogP contribution in [0.2, 0.25) is 0 Å². The van der Waals surface area contributed by atoms with E-state index in [0.29, 0.717) is 17.8 Å². The average molecular weight is 255 g/mol. The lowest BCUT2D eigenvalue weighted by molar-refractivity contribution is 0.453. The Morgan fingerprint density at radius 1 is 0.947 bits per heavy atom. The second kappa shape index (κ2) is 6.39. The van der Waals surface area contributed by atoms with Crippen molar-refractivity contribution in [3.05, 3.63) is 65.7 Å². The van der Waals surface area contributed by atoms with Gasteiger partial charge in [0.05, 0.1) is 0 Å². The van der Waals surface area contributed by atoms with Crippen LogP contribution in [-0.2, 0) is 0 Å². The first-order chi connectivity index (χ1) is 9.20. The van der Waals surface area contributed by atoms with Crippen molar-refractivity contribution in [3.8, 4) is 5.75 Å². The number of phenols is 1. The Labute approximate surface area is 115 Å². The third kappa shape index (κ3) is 3.58. The maximum absolute atomic E-state index is 9.35. The molecule has 2 nitrogen and oxygen atoms in total. The van der Waals surface area contributed by atoms with Gasteiger partial charge < -0.3 is 10.4 Å². The first-order valence-corrected chi connectivity index (χ1v) is 6.80. The molecule has 100 valence electrons. The Hall–Kier alpha value is -1.80. The van der Waals surface area contributed by atoms with E-state index in [0.717, 1.165) is 6.42 Å². The molecule has 0 spiro atoms. The van der Waals surface area contributed by atoms with Crippen LogP contribution in [0.25, 0.3) is 0 Å². The maximum atomic E-state index is 9.35. The molecule has 1 unspecified atom stereocenters. The molecule has 2 N–H and O–H groups in total. The molecule has 19 heavy (non-hydrogen) atoms. The number of nitrogens with one attached hydrogen (secondary N) is 1. The van der Waals surface area contributed by atoms with Gasteiger partial charge in [-0.3, -0.25) is 0 Å². The van der Waals surface area contributed by atoms with Crippen LogP contribution in [0.15, 0.2) is 54.6 Å². The van der Waals surface area contributed by atoms with Gasteiger partial charge in [-0.1, -0.05) is 49.4 Å². The quantitative estimate of drug-likeness (QED) is 0.839. The molecule has 0 heterocycles. The van der Waals surface area contributed by atoms with Gasteiger partial charge in [-0.25, -0.2) is 0 Å². The molecule has 0 saturated carbocycles. The Kier molecular flexibility index (Phi) is 4.58. The number of phenolic OH excluding ortho intramolecular Hbond substituents is 1. The molecule has 0 aliphatic carbocycles. The monoisotopic (exact) mass is 255 g/mol. The van der Waals surface area contributed by atoms with Gasteiger partial charge in [0.15, 0.2) is 0 Å². The molecule has 0 saturated heterocycles. The highest BCUT2D eigenvalue weighted by atomic mass is 16.3. The van der Waals surface area contributed by atoms with Gasteiger partial charge in [0.25, 0.3) is 0 Å². The van der Waals surface area contributed by atoms with Crippen molar-refractivity contribution in [2.75, 3.05) is 0 Å². The SMILES string of the molecule is CCC(N[C@@H](C)c1ccccc1)c1ccc(O)cc1. The second-order valence-electron chi connectivity index (χ2n) is 4.85. The third-order valence-corrected chi connectivity index (χ3v) is 3.45. The highest BCUT2D eigenvalue weighted by molar-refractivity contribution is 5.28. The zero-order chi connectivity index (χ0) is 13.7. The molecule has 0 aromatic heterocycles. The fourth-order valence-electron chi connectivity index (χ4n) is 2.30. The first-order valence-electron chi connectivity index (χ1n) is 6.80. The standard InChI is InChI=1S/C17H21NO/c1-3-17(15-9-11-16(19)12-10-15)18-13(2)14-7-5-4-6-8-14/h4-13,17-19H,3H2,1-2H3/t13-,17?/m0/s1. The summed E-state index contributed by atoms with van der Waals surface area (Å²) in [6, 6.07) is 18.5. The van der Waals surface area contributed by atoms with Crippen molar-refractivity contribution < 1.29 is 5.11 Å². The molecule has 2 aromatic carbocycles. The molecule has 0 aliphatic rings. The summed E-state index contributed by atoms with van der Waals surface area (Å²) in [6.45, 7) is 4.35. The fourth-order valence-corrected chi connectivity index (χ4v) is 2.30. The van der Waals surface area contributed by atoms with Crippen LogP contribution in [0.5, 0.6) is 5.75 Å². The minimum absolute atomic E-state index is 0.302. The number of hydrogen-bond acceptors (Lipinski definition) is 2. The summed E-state index contributed by atoms with van der Waals surface area (Å²) in [5.74, 6) is 0.315. The summed E-state index contributed by atoms with van der Waals surface area (Å²) >= 11 is 0. The predicted octanol–water partition coefficient (Wildman–Crippen LogP) is 4.19. The minimum Gasteiger partial charge on any atom is -0.508 e. The number of hydrogen-bond donors (Lipinski definition) is 2. The van der Waals surface area contributed by atoms with Crippen LogP contribution in [0.4, 0.5) is 0 Å². The molecule has 2 heteroatoms. The van der Waals surface area contributed by atoms with Crippen molar-refractivity contribution in [3.63, 3.8) is 0 Å². The van der Waals surface area contributed by atoms with Crippen molar-refractivity contribution in [1.29, 1.82) is 0 Å². The Morgan fingerprint density at radius 2 is 1.58 bits per heavy atom. The summed E-state index contributed by atoms with van der Waals surface area (Å²) in [5.41, 5.74) is 2.50. The molecule has 2 atom stereocenters. The number of rotatable bonds is 5. The molecule has 0 fully saturated rings. The van der Waals surface area contributed by atoms with Gasteiger partial charge in [-0.05, 0) is 36.6 Å². The van der Waals surface area contributed by atoms with Crippen molar-refractivity contribution in [2.45, 2.75) is 32.4 Å². The van der Waals surface area contributed by atoms with E-state index in [9.17, 15) is 5.11 Å². The van der Waals surface area contributed by atoms with E-state index in [1.54, 1.807) is 12.1 Å². The molecule has 0 bridgehead atoms. The summed E-state index contributed by atoms with van der Waals surface area (Å²) in [4.78, 5) is 0. The smallest absolute Gasteiger partial charge is 0.115 e. The predicted molar refractivity (Wildman–Crippen MR) is 79.1 cm³/mol. The normalized spacial score (nSPS) is 14.0. The summed E-state index contributed by atoms with van der Waals surface area (Å²) in [7, 11) is 0. The average Bonchev–Trinajstić information content (AvgIpc) is 2.46. The second-order valence-corrected chi connectivity index (χ2v) is 4.85. The van der Waals surface area contributed by atoms with Gasteiger partial charge in [0, 0.05) is 12.1 Å². The molecule has 2 aromatic rings. The molecule has 2 rings (SSSR count). The zero-order valence-corrected chi connectivity index (χ0v) is 11.5. The van der Waals surface area contributed by atoms with Gasteiger partial charge >= 0.3 is 0 Å². The maximum Gasteiger partial charge on any atom is 0.115 e. The van der Waals surface area contributed by atoms with Gasteiger partial charge in [-0.2, -0.15) is 0 Å². The molecule has 0 radical (unpaired) electrons. The van der Waals surface area contributed by atoms with Crippen LogP contribution in [0.1, 0.15) is 43.5 Å². The van der Waals surface area contributed by atoms with E-state index < -0.39 is 0 Å². The molecule has 0 amide bonds. The lowest BCUT2D eigenvalue weighted by Gasteiger charge is -2.23. The zero-order valence-electron chi connectivity index (χ0n) is 11.5. The lowest BCUT2D eigenvalue weighted by atomic mass is 10.0. The van der Waals surface area contributed by atoms with Crippen LogP contribution in [0, 0.1) is 0 Å². The minimum atomic E-state index is 0.302. The largest absolute Gasteiger partial charge is 0.508 e. The van der Waals surface area contributed by atoms with E-state index in [-0.39, 0.29) is 0 Å². The van der Waals surface area contributed by atoms with Gasteiger partial charge in [0.1, 0.15) is 5.75 Å². The highest BCUT2D eigenvalue weighted by Crippen LogP contribution is 2.23. The summed E-state index contributed by atoms with van der Waals surface area (Å²) in [6.07, 6.45) is 1.02. The molecular formula is C17H21NO. The molecular weight excluding hydrogens is 234 g/mol. The number of benzene rings is 2. The van der Waals surface area contributed by atoms with E-state index in [2.05, 4.69) is 43.4 Å². The summed E-state index contributed by atoms with van der Waals surface area (Å²) < 4.78 is 0. The lowest BCUT2D eigenvalue weighted by Crippen LogP contribution is -2.24. The van der Waals surface area contributed by atoms with E-state index in [4.69, 9.17) is 0 Å². The van der Waals surface area contributed by atoms with Crippen LogP contribution in [0.3, 0.4) is 0 Å². The van der Waals surface area contributed by atoms with Crippen LogP contribution >= 0.6 is 0 Å². The molecule has 0 aliphatic heterocycles. The summed E-state index contributed by atoms with van der Waals surface area (Å²) in [5, 5.41) is 13.0. The van der Waals surface area contributed by atoms with Crippen molar-refractivity contribution >= 4 is 0 Å². The highest BCUT2D eigenvalue weighted by Gasteiger charge is 2.13. The first kappa shape index (κ1) is 13.6. The van der Waals surface area contributed by atoms with Gasteiger partial charge in [-0.15, -0.1) is 0 Å². The van der Waals surface area contributed by atoms with Crippen LogP contribution in [-0.4, -0.2) is 5.11 Å². The van der Waals surface area contributed by atoms with E-state index in [1.165, 1.54) is 11.1 Å². The van der Waals surface area contributed by atoms with E-state index in [1.807, 2.05) is 18.2 Å². The van der Waals surface area contributed by atoms with Gasteiger partial charge in [0.2, 0.25) is 0 Å².